The van der Waals surface area contributed by atoms with E-state index in [0.29, 0.717) is 11.1 Å². The van der Waals surface area contributed by atoms with E-state index in [4.69, 9.17) is 0 Å². The molecular weight excluding hydrogens is 374 g/mol. The van der Waals surface area contributed by atoms with E-state index in [0.717, 1.165) is 33.5 Å². The number of hydrogen-bond donors (Lipinski definition) is 1. The van der Waals surface area contributed by atoms with Crippen LogP contribution in [0.1, 0.15) is 55.7 Å². The van der Waals surface area contributed by atoms with Gasteiger partial charge >= 0.3 is 5.97 Å². The van der Waals surface area contributed by atoms with E-state index in [9.17, 15) is 14.7 Å². The summed E-state index contributed by atoms with van der Waals surface area (Å²) in [4.78, 5) is 27.9. The van der Waals surface area contributed by atoms with Crippen LogP contribution in [0, 0.1) is 27.7 Å². The zero-order chi connectivity index (χ0) is 21.6. The average Bonchev–Trinajstić information content (AvgIpc) is 2.66. The molecule has 1 N–H and O–H groups in total. The van der Waals surface area contributed by atoms with Crippen LogP contribution in [-0.4, -0.2) is 17.0 Å². The Labute approximate surface area is 176 Å². The number of aryl methyl sites for hydroxylation is 4. The van der Waals surface area contributed by atoms with Gasteiger partial charge in [0.05, 0.1) is 6.04 Å². The van der Waals surface area contributed by atoms with Crippen LogP contribution in [0.3, 0.4) is 0 Å². The number of rotatable bonds is 3. The number of carboxylic acids is 1. The fourth-order valence-electron chi connectivity index (χ4n) is 4.70. The predicted octanol–water partition coefficient (Wildman–Crippen LogP) is 5.49. The third-order valence-corrected chi connectivity index (χ3v) is 5.68. The van der Waals surface area contributed by atoms with Gasteiger partial charge in [-0.25, -0.2) is 0 Å². The highest BCUT2D eigenvalue weighted by Gasteiger charge is 2.45. The van der Waals surface area contributed by atoms with Gasteiger partial charge in [-0.15, -0.1) is 0 Å². The largest absolute Gasteiger partial charge is 0.481 e. The standard InChI is InChI=1S/C26H25NO3/c1-15-9-16(2)12-19(11-15)24-23(26(29)30)21-7-5-6-8-22(21)25(28)27(24)20-13-17(3)10-18(4)14-20/h5-14,23-24H,1-4H3,(H,29,30)/t23-,24+/m0/s1. The van der Waals surface area contributed by atoms with Gasteiger partial charge < -0.3 is 5.11 Å². The fraction of sp³-hybridized carbons (Fsp3) is 0.231. The number of amides is 1. The number of nitrogens with zero attached hydrogens (tertiary/aromatic N) is 1. The van der Waals surface area contributed by atoms with Gasteiger partial charge in [0.25, 0.3) is 5.91 Å². The van der Waals surface area contributed by atoms with Crippen LogP contribution >= 0.6 is 0 Å². The second-order valence-electron chi connectivity index (χ2n) is 8.29. The lowest BCUT2D eigenvalue weighted by Gasteiger charge is -2.41. The van der Waals surface area contributed by atoms with E-state index < -0.39 is 17.9 Å². The minimum atomic E-state index is -0.937. The monoisotopic (exact) mass is 399 g/mol. The third-order valence-electron chi connectivity index (χ3n) is 5.68. The normalized spacial score (nSPS) is 18.3. The molecule has 1 heterocycles. The molecule has 0 fully saturated rings. The molecule has 0 spiro atoms. The lowest BCUT2D eigenvalue weighted by molar-refractivity contribution is -0.139. The molecule has 0 aromatic heterocycles. The van der Waals surface area contributed by atoms with Crippen LogP contribution in [0.15, 0.2) is 60.7 Å². The number of hydrogen-bond acceptors (Lipinski definition) is 2. The molecule has 3 aromatic carbocycles. The maximum Gasteiger partial charge on any atom is 0.313 e. The minimum Gasteiger partial charge on any atom is -0.481 e. The lowest BCUT2D eigenvalue weighted by atomic mass is 9.79. The molecule has 4 heteroatoms. The molecule has 1 amide bonds. The first-order chi connectivity index (χ1) is 14.3. The molecular formula is C26H25NO3. The molecule has 0 saturated heterocycles. The van der Waals surface area contributed by atoms with Crippen molar-refractivity contribution in [2.24, 2.45) is 0 Å². The van der Waals surface area contributed by atoms with Gasteiger partial charge in [-0.05, 0) is 68.1 Å². The summed E-state index contributed by atoms with van der Waals surface area (Å²) in [5.41, 5.74) is 6.72. The number of benzene rings is 3. The zero-order valence-electron chi connectivity index (χ0n) is 17.6. The quantitative estimate of drug-likeness (QED) is 0.633. The maximum absolute atomic E-state index is 13.7. The number of anilines is 1. The molecule has 1 aliphatic heterocycles. The number of aliphatic carboxylic acids is 1. The maximum atomic E-state index is 13.7. The second-order valence-corrected chi connectivity index (χ2v) is 8.29. The van der Waals surface area contributed by atoms with E-state index in [1.807, 2.05) is 58.0 Å². The molecule has 2 atom stereocenters. The molecule has 3 aromatic rings. The SMILES string of the molecule is Cc1cc(C)cc([C@@H]2[C@@H](C(=O)O)c3ccccc3C(=O)N2c2cc(C)cc(C)c2)c1. The summed E-state index contributed by atoms with van der Waals surface area (Å²) in [6.07, 6.45) is 0. The molecule has 0 radical (unpaired) electrons. The molecule has 30 heavy (non-hydrogen) atoms. The number of carbonyl (C=O) groups is 2. The highest BCUT2D eigenvalue weighted by atomic mass is 16.4. The first-order valence-electron chi connectivity index (χ1n) is 10.1. The molecule has 0 saturated carbocycles. The minimum absolute atomic E-state index is 0.169. The Kier molecular flexibility index (Phi) is 4.94. The number of carboxylic acid groups (broad SMARTS) is 1. The van der Waals surface area contributed by atoms with Crippen LogP contribution in [0.4, 0.5) is 5.69 Å². The van der Waals surface area contributed by atoms with Gasteiger partial charge in [-0.3, -0.25) is 14.5 Å². The van der Waals surface area contributed by atoms with Gasteiger partial charge in [0.2, 0.25) is 0 Å². The number of fused-ring (bicyclic) bond motifs is 1. The van der Waals surface area contributed by atoms with Crippen molar-refractivity contribution < 1.29 is 14.7 Å². The molecule has 0 aliphatic carbocycles. The van der Waals surface area contributed by atoms with Crippen molar-refractivity contribution in [2.45, 2.75) is 39.7 Å². The first-order valence-corrected chi connectivity index (χ1v) is 10.1. The third kappa shape index (κ3) is 3.39. The lowest BCUT2D eigenvalue weighted by Crippen LogP contribution is -2.45. The average molecular weight is 399 g/mol. The first kappa shape index (κ1) is 19.9. The Balaban J connectivity index is 2.04. The van der Waals surface area contributed by atoms with Crippen LogP contribution in [-0.2, 0) is 4.79 Å². The van der Waals surface area contributed by atoms with Crippen LogP contribution in [0.5, 0.6) is 0 Å². The predicted molar refractivity (Wildman–Crippen MR) is 118 cm³/mol. The van der Waals surface area contributed by atoms with Gasteiger partial charge in [0, 0.05) is 11.3 Å². The Hall–Kier alpha value is -3.40. The topological polar surface area (TPSA) is 57.6 Å². The molecule has 4 rings (SSSR count). The van der Waals surface area contributed by atoms with Gasteiger partial charge in [-0.1, -0.05) is 53.6 Å². The van der Waals surface area contributed by atoms with E-state index >= 15 is 0 Å². The molecule has 0 bridgehead atoms. The fourth-order valence-corrected chi connectivity index (χ4v) is 4.70. The summed E-state index contributed by atoms with van der Waals surface area (Å²) >= 11 is 0. The Bertz CT molecular complexity index is 1120. The Morgan fingerprint density at radius 3 is 1.93 bits per heavy atom. The smallest absolute Gasteiger partial charge is 0.313 e. The molecule has 152 valence electrons. The summed E-state index contributed by atoms with van der Waals surface area (Å²) < 4.78 is 0. The van der Waals surface area contributed by atoms with Crippen LogP contribution in [0.2, 0.25) is 0 Å². The van der Waals surface area contributed by atoms with Crippen molar-refractivity contribution in [1.82, 2.24) is 0 Å². The summed E-state index contributed by atoms with van der Waals surface area (Å²) in [6, 6.07) is 18.4. The second kappa shape index (κ2) is 7.45. The Morgan fingerprint density at radius 2 is 1.37 bits per heavy atom. The van der Waals surface area contributed by atoms with E-state index in [1.54, 1.807) is 29.2 Å². The van der Waals surface area contributed by atoms with Crippen LogP contribution < -0.4 is 4.90 Å². The summed E-state index contributed by atoms with van der Waals surface area (Å²) in [5, 5.41) is 10.3. The van der Waals surface area contributed by atoms with Crippen molar-refractivity contribution in [1.29, 1.82) is 0 Å². The van der Waals surface area contributed by atoms with Crippen molar-refractivity contribution in [3.05, 3.63) is 99.6 Å². The van der Waals surface area contributed by atoms with Crippen LogP contribution in [0.25, 0.3) is 0 Å². The molecule has 4 nitrogen and oxygen atoms in total. The van der Waals surface area contributed by atoms with Crippen molar-refractivity contribution >= 4 is 17.6 Å². The highest BCUT2D eigenvalue weighted by molar-refractivity contribution is 6.11. The van der Waals surface area contributed by atoms with E-state index in [-0.39, 0.29) is 5.91 Å². The van der Waals surface area contributed by atoms with Gasteiger partial charge in [0.1, 0.15) is 5.92 Å². The summed E-state index contributed by atoms with van der Waals surface area (Å²) in [5.74, 6) is -1.97. The molecule has 0 unspecified atom stereocenters. The van der Waals surface area contributed by atoms with Crippen molar-refractivity contribution in [3.8, 4) is 0 Å². The summed E-state index contributed by atoms with van der Waals surface area (Å²) in [7, 11) is 0. The summed E-state index contributed by atoms with van der Waals surface area (Å²) in [6.45, 7) is 7.96. The van der Waals surface area contributed by atoms with Gasteiger partial charge in [0.15, 0.2) is 0 Å². The van der Waals surface area contributed by atoms with E-state index in [1.165, 1.54) is 0 Å². The zero-order valence-corrected chi connectivity index (χ0v) is 17.6. The van der Waals surface area contributed by atoms with Crippen molar-refractivity contribution in [3.63, 3.8) is 0 Å². The highest BCUT2D eigenvalue weighted by Crippen LogP contribution is 2.45. The van der Waals surface area contributed by atoms with Crippen molar-refractivity contribution in [2.75, 3.05) is 4.90 Å². The van der Waals surface area contributed by atoms with E-state index in [2.05, 4.69) is 6.07 Å². The number of carbonyl (C=O) groups excluding carboxylic acids is 1. The van der Waals surface area contributed by atoms with Gasteiger partial charge in [-0.2, -0.15) is 0 Å². The Morgan fingerprint density at radius 1 is 0.833 bits per heavy atom. The molecule has 1 aliphatic rings.